The minimum atomic E-state index is -0.0461. The Morgan fingerprint density at radius 3 is 1.66 bits per heavy atom. The first kappa shape index (κ1) is 24.9. The number of carbonyl (C=O) groups is 2. The number of hydrogen-bond acceptors (Lipinski definition) is 4. The van der Waals surface area contributed by atoms with Crippen molar-refractivity contribution in [2.45, 2.75) is 33.6 Å². The number of azo groups is 1. The number of nitrogens with zero attached hydrogens (tertiary/aromatic N) is 3. The number of allylic oxidation sites excluding steroid dienone is 1. The van der Waals surface area contributed by atoms with Gasteiger partial charge in [-0.1, -0.05) is 6.08 Å². The van der Waals surface area contributed by atoms with Crippen LogP contribution in [0.3, 0.4) is 0 Å². The molecule has 0 atom stereocenters. The molecule has 0 aliphatic carbocycles. The van der Waals surface area contributed by atoms with Crippen molar-refractivity contribution < 1.29 is 14.1 Å². The molecule has 0 saturated carbocycles. The van der Waals surface area contributed by atoms with Gasteiger partial charge in [0.1, 0.15) is 0 Å². The van der Waals surface area contributed by atoms with Crippen LogP contribution < -0.4 is 10.6 Å². The lowest BCUT2D eigenvalue weighted by atomic mass is 10.2. The zero-order valence-electron chi connectivity index (χ0n) is 19.3. The molecule has 0 unspecified atom stereocenters. The van der Waals surface area contributed by atoms with Crippen molar-refractivity contribution >= 4 is 34.6 Å². The lowest BCUT2D eigenvalue weighted by Crippen LogP contribution is -2.51. The molecule has 0 radical (unpaired) electrons. The van der Waals surface area contributed by atoms with Crippen LogP contribution in [0.5, 0.6) is 0 Å². The maximum Gasteiger partial charge on any atom is 0.279 e. The minimum absolute atomic E-state index is 0.0154. The average molecular weight is 437 g/mol. The van der Waals surface area contributed by atoms with Gasteiger partial charge in [0.05, 0.1) is 31.0 Å². The fourth-order valence-electron chi connectivity index (χ4n) is 3.31. The fourth-order valence-corrected chi connectivity index (χ4v) is 3.31. The predicted octanol–water partition coefficient (Wildman–Crippen LogP) is 5.82. The van der Waals surface area contributed by atoms with Crippen LogP contribution in [-0.4, -0.2) is 42.5 Å². The molecule has 170 valence electrons. The zero-order valence-corrected chi connectivity index (χ0v) is 19.3. The quantitative estimate of drug-likeness (QED) is 0.250. The monoisotopic (exact) mass is 436 g/mol. The summed E-state index contributed by atoms with van der Waals surface area (Å²) in [5.41, 5.74) is 2.83. The SMILES string of the molecule is C=CCCC(=O)Nc1ccc(N=Nc2ccc(NC(=O)C[N+](CC)(CC)CC)cc2)cc1. The molecular formula is C25H34N5O2+. The van der Waals surface area contributed by atoms with Gasteiger partial charge >= 0.3 is 0 Å². The fraction of sp³-hybridized carbons (Fsp3) is 0.360. The summed E-state index contributed by atoms with van der Waals surface area (Å²) in [7, 11) is 0. The minimum Gasteiger partial charge on any atom is -0.326 e. The van der Waals surface area contributed by atoms with Gasteiger partial charge in [0.15, 0.2) is 6.54 Å². The number of benzene rings is 2. The second-order valence-electron chi connectivity index (χ2n) is 7.67. The standard InChI is InChI=1S/C25H33N5O2/c1-5-9-10-24(31)26-20-11-15-22(16-12-20)28-29-23-17-13-21(14-18-23)27-25(32)19-30(6-2,7-3)8-4/h5,11-18H,1,6-10,19H2,2-4H3,(H-,26,27,28,29,31,32)/p+1. The Bertz CT molecular complexity index is 908. The van der Waals surface area contributed by atoms with Gasteiger partial charge in [-0.05, 0) is 75.7 Å². The van der Waals surface area contributed by atoms with Crippen LogP contribution in [0, 0.1) is 0 Å². The van der Waals surface area contributed by atoms with Crippen molar-refractivity contribution in [3.05, 3.63) is 61.2 Å². The van der Waals surface area contributed by atoms with E-state index in [4.69, 9.17) is 0 Å². The Morgan fingerprint density at radius 1 is 0.812 bits per heavy atom. The molecule has 2 aromatic rings. The second-order valence-corrected chi connectivity index (χ2v) is 7.67. The molecule has 0 aromatic heterocycles. The maximum absolute atomic E-state index is 12.4. The van der Waals surface area contributed by atoms with Crippen molar-refractivity contribution in [3.8, 4) is 0 Å². The smallest absolute Gasteiger partial charge is 0.279 e. The summed E-state index contributed by atoms with van der Waals surface area (Å²) in [6.45, 7) is 13.2. The molecule has 0 bridgehead atoms. The molecule has 2 aromatic carbocycles. The molecule has 0 spiro atoms. The van der Waals surface area contributed by atoms with Crippen molar-refractivity contribution in [3.63, 3.8) is 0 Å². The Hall–Kier alpha value is -3.32. The Labute approximate surface area is 190 Å². The highest BCUT2D eigenvalue weighted by Crippen LogP contribution is 2.22. The van der Waals surface area contributed by atoms with Crippen LogP contribution in [0.4, 0.5) is 22.7 Å². The molecule has 2 N–H and O–H groups in total. The number of quaternary nitrogens is 1. The molecule has 2 rings (SSSR count). The van der Waals surface area contributed by atoms with Crippen LogP contribution in [0.2, 0.25) is 0 Å². The summed E-state index contributed by atoms with van der Waals surface area (Å²) in [5, 5.41) is 14.3. The molecule has 0 aliphatic rings. The number of rotatable bonds is 12. The van der Waals surface area contributed by atoms with Gasteiger partial charge in [0, 0.05) is 17.8 Å². The molecule has 0 fully saturated rings. The third-order valence-electron chi connectivity index (χ3n) is 5.65. The first-order valence-electron chi connectivity index (χ1n) is 11.1. The number of nitrogens with one attached hydrogen (secondary N) is 2. The van der Waals surface area contributed by atoms with Gasteiger partial charge < -0.3 is 15.1 Å². The van der Waals surface area contributed by atoms with E-state index in [1.54, 1.807) is 30.3 Å². The summed E-state index contributed by atoms with van der Waals surface area (Å²) < 4.78 is 0.773. The predicted molar refractivity (Wildman–Crippen MR) is 131 cm³/mol. The topological polar surface area (TPSA) is 82.9 Å². The summed E-state index contributed by atoms with van der Waals surface area (Å²) in [6, 6.07) is 14.4. The number of likely N-dealkylation sites (N-methyl/N-ethyl adjacent to an activating group) is 1. The first-order chi connectivity index (χ1) is 15.4. The first-order valence-corrected chi connectivity index (χ1v) is 11.1. The second kappa shape index (κ2) is 12.5. The lowest BCUT2D eigenvalue weighted by Gasteiger charge is -2.34. The van der Waals surface area contributed by atoms with E-state index in [1.807, 2.05) is 24.3 Å². The molecule has 0 saturated heterocycles. The van der Waals surface area contributed by atoms with E-state index in [0.29, 0.717) is 30.8 Å². The molecule has 0 heterocycles. The largest absolute Gasteiger partial charge is 0.326 e. The van der Waals surface area contributed by atoms with Crippen molar-refractivity contribution in [1.29, 1.82) is 0 Å². The Balaban J connectivity index is 1.91. The van der Waals surface area contributed by atoms with Crippen molar-refractivity contribution in [2.75, 3.05) is 36.8 Å². The normalized spacial score (nSPS) is 11.3. The Morgan fingerprint density at radius 2 is 1.25 bits per heavy atom. The number of carbonyl (C=O) groups excluding carboxylic acids is 2. The van der Waals surface area contributed by atoms with Crippen molar-refractivity contribution in [1.82, 2.24) is 0 Å². The van der Waals surface area contributed by atoms with E-state index in [0.717, 1.165) is 35.5 Å². The van der Waals surface area contributed by atoms with Crippen molar-refractivity contribution in [2.24, 2.45) is 10.2 Å². The summed E-state index contributed by atoms with van der Waals surface area (Å²) in [6.07, 6.45) is 2.78. The lowest BCUT2D eigenvalue weighted by molar-refractivity contribution is -0.915. The molecule has 2 amide bonds. The third-order valence-corrected chi connectivity index (χ3v) is 5.65. The van der Waals surface area contributed by atoms with Gasteiger partial charge in [-0.15, -0.1) is 6.58 Å². The maximum atomic E-state index is 12.4. The van der Waals surface area contributed by atoms with Gasteiger partial charge in [-0.25, -0.2) is 0 Å². The van der Waals surface area contributed by atoms with E-state index in [9.17, 15) is 9.59 Å². The summed E-state index contributed by atoms with van der Waals surface area (Å²) in [5.74, 6) is -0.0308. The molecule has 32 heavy (non-hydrogen) atoms. The van der Waals surface area contributed by atoms with Crippen LogP contribution in [0.25, 0.3) is 0 Å². The molecule has 0 aliphatic heterocycles. The molecule has 7 heteroatoms. The Kier molecular flexibility index (Phi) is 9.76. The third kappa shape index (κ3) is 7.74. The number of anilines is 2. The van der Waals surface area contributed by atoms with Crippen LogP contribution in [-0.2, 0) is 9.59 Å². The van der Waals surface area contributed by atoms with E-state index in [2.05, 4.69) is 48.2 Å². The average Bonchev–Trinajstić information content (AvgIpc) is 2.82. The van der Waals surface area contributed by atoms with E-state index >= 15 is 0 Å². The van der Waals surface area contributed by atoms with Crippen LogP contribution >= 0.6 is 0 Å². The van der Waals surface area contributed by atoms with E-state index in [-0.39, 0.29) is 11.8 Å². The highest BCUT2D eigenvalue weighted by Gasteiger charge is 2.24. The van der Waals surface area contributed by atoms with Gasteiger partial charge in [0.25, 0.3) is 5.91 Å². The van der Waals surface area contributed by atoms with E-state index in [1.165, 1.54) is 0 Å². The summed E-state index contributed by atoms with van der Waals surface area (Å²) >= 11 is 0. The molecular weight excluding hydrogens is 402 g/mol. The summed E-state index contributed by atoms with van der Waals surface area (Å²) in [4.78, 5) is 24.2. The number of amides is 2. The van der Waals surface area contributed by atoms with Gasteiger partial charge in [-0.2, -0.15) is 10.2 Å². The highest BCUT2D eigenvalue weighted by molar-refractivity contribution is 5.92. The van der Waals surface area contributed by atoms with Crippen LogP contribution in [0.1, 0.15) is 33.6 Å². The van der Waals surface area contributed by atoms with Gasteiger partial charge in [0.2, 0.25) is 5.91 Å². The molecule has 7 nitrogen and oxygen atoms in total. The van der Waals surface area contributed by atoms with Crippen LogP contribution in [0.15, 0.2) is 71.4 Å². The van der Waals surface area contributed by atoms with Gasteiger partial charge in [-0.3, -0.25) is 9.59 Å². The number of hydrogen-bond donors (Lipinski definition) is 2. The highest BCUT2D eigenvalue weighted by atomic mass is 16.2. The van der Waals surface area contributed by atoms with E-state index < -0.39 is 0 Å². The zero-order chi connectivity index (χ0) is 23.4.